The van der Waals surface area contributed by atoms with E-state index >= 15 is 0 Å². The summed E-state index contributed by atoms with van der Waals surface area (Å²) in [4.78, 5) is 20.5. The monoisotopic (exact) mass is 266 g/mol. The standard InChI is InChI=1S/C11H11FN4OS/c1-13-10-9(2-7(12)3-15-10)11(17)16-5-8-4-14-6-18-8/h2-4,6H,5H2,1H3,(H,13,15)(H,16,17). The van der Waals surface area contributed by atoms with Gasteiger partial charge < -0.3 is 10.6 Å². The Morgan fingerprint density at radius 1 is 1.50 bits per heavy atom. The number of pyridine rings is 1. The predicted molar refractivity (Wildman–Crippen MR) is 67.0 cm³/mol. The minimum atomic E-state index is -0.544. The van der Waals surface area contributed by atoms with Crippen LogP contribution in [0.1, 0.15) is 15.2 Å². The summed E-state index contributed by atoms with van der Waals surface area (Å²) in [6, 6.07) is 1.15. The molecule has 18 heavy (non-hydrogen) atoms. The van der Waals surface area contributed by atoms with Gasteiger partial charge in [-0.15, -0.1) is 11.3 Å². The molecule has 0 aliphatic heterocycles. The zero-order chi connectivity index (χ0) is 13.0. The fraction of sp³-hybridized carbons (Fsp3) is 0.182. The first kappa shape index (κ1) is 12.4. The number of nitrogens with one attached hydrogen (secondary N) is 2. The Balaban J connectivity index is 2.10. The van der Waals surface area contributed by atoms with Crippen LogP contribution in [0, 0.1) is 5.82 Å². The molecule has 0 aliphatic carbocycles. The highest BCUT2D eigenvalue weighted by molar-refractivity contribution is 7.09. The Bertz CT molecular complexity index is 544. The molecule has 94 valence electrons. The Hall–Kier alpha value is -2.02. The first-order chi connectivity index (χ1) is 8.70. The Kier molecular flexibility index (Phi) is 3.83. The van der Waals surface area contributed by atoms with Crippen molar-refractivity contribution in [1.29, 1.82) is 0 Å². The number of halogens is 1. The Morgan fingerprint density at radius 3 is 3.00 bits per heavy atom. The zero-order valence-corrected chi connectivity index (χ0v) is 10.4. The van der Waals surface area contributed by atoms with Crippen LogP contribution in [0.2, 0.25) is 0 Å². The van der Waals surface area contributed by atoms with E-state index in [2.05, 4.69) is 20.6 Å². The van der Waals surface area contributed by atoms with Crippen LogP contribution in [0.3, 0.4) is 0 Å². The fourth-order valence-electron chi connectivity index (χ4n) is 1.40. The smallest absolute Gasteiger partial charge is 0.255 e. The molecule has 0 aliphatic rings. The molecule has 0 spiro atoms. The number of hydrogen-bond acceptors (Lipinski definition) is 5. The van der Waals surface area contributed by atoms with E-state index in [1.54, 1.807) is 18.8 Å². The summed E-state index contributed by atoms with van der Waals surface area (Å²) in [5.74, 6) is -0.574. The van der Waals surface area contributed by atoms with E-state index in [9.17, 15) is 9.18 Å². The highest BCUT2D eigenvalue weighted by atomic mass is 32.1. The third-order valence-electron chi connectivity index (χ3n) is 2.24. The number of aromatic nitrogens is 2. The Morgan fingerprint density at radius 2 is 2.33 bits per heavy atom. The first-order valence-corrected chi connectivity index (χ1v) is 6.07. The average molecular weight is 266 g/mol. The van der Waals surface area contributed by atoms with Gasteiger partial charge in [0.2, 0.25) is 0 Å². The number of nitrogens with zero attached hydrogens (tertiary/aromatic N) is 2. The summed E-state index contributed by atoms with van der Waals surface area (Å²) in [5.41, 5.74) is 1.87. The number of amides is 1. The third kappa shape index (κ3) is 2.80. The van der Waals surface area contributed by atoms with Gasteiger partial charge in [-0.05, 0) is 6.07 Å². The molecule has 2 rings (SSSR count). The van der Waals surface area contributed by atoms with Crippen molar-refractivity contribution in [2.24, 2.45) is 0 Å². The number of thiazole rings is 1. The summed E-state index contributed by atoms with van der Waals surface area (Å²) in [6.45, 7) is 0.364. The second-order valence-electron chi connectivity index (χ2n) is 3.45. The van der Waals surface area contributed by atoms with E-state index in [0.29, 0.717) is 12.4 Å². The molecule has 2 aromatic rings. The molecule has 2 N–H and O–H groups in total. The summed E-state index contributed by atoms with van der Waals surface area (Å²) in [7, 11) is 1.63. The molecule has 2 heterocycles. The van der Waals surface area contributed by atoms with Crippen molar-refractivity contribution in [3.05, 3.63) is 40.2 Å². The minimum absolute atomic E-state index is 0.182. The van der Waals surface area contributed by atoms with Crippen LogP contribution in [-0.2, 0) is 6.54 Å². The Labute approximate surface area is 107 Å². The van der Waals surface area contributed by atoms with Gasteiger partial charge >= 0.3 is 0 Å². The van der Waals surface area contributed by atoms with E-state index < -0.39 is 5.82 Å². The lowest BCUT2D eigenvalue weighted by atomic mass is 10.2. The molecule has 1 amide bonds. The van der Waals surface area contributed by atoms with Gasteiger partial charge in [-0.25, -0.2) is 9.37 Å². The van der Waals surface area contributed by atoms with Gasteiger partial charge in [-0.2, -0.15) is 0 Å². The lowest BCUT2D eigenvalue weighted by molar-refractivity contribution is 0.0951. The van der Waals surface area contributed by atoms with Crippen molar-refractivity contribution in [1.82, 2.24) is 15.3 Å². The van der Waals surface area contributed by atoms with E-state index in [-0.39, 0.29) is 11.5 Å². The van der Waals surface area contributed by atoms with Gasteiger partial charge in [0.25, 0.3) is 5.91 Å². The van der Waals surface area contributed by atoms with E-state index in [0.717, 1.165) is 17.1 Å². The lowest BCUT2D eigenvalue weighted by Gasteiger charge is -2.08. The molecule has 2 aromatic heterocycles. The van der Waals surface area contributed by atoms with Gasteiger partial charge in [0, 0.05) is 18.1 Å². The molecule has 0 saturated heterocycles. The van der Waals surface area contributed by atoms with Crippen LogP contribution in [0.25, 0.3) is 0 Å². The lowest BCUT2D eigenvalue weighted by Crippen LogP contribution is -2.23. The van der Waals surface area contributed by atoms with E-state index in [4.69, 9.17) is 0 Å². The number of carbonyl (C=O) groups excluding carboxylic acids is 1. The summed E-state index contributed by atoms with van der Waals surface area (Å²) >= 11 is 1.44. The van der Waals surface area contributed by atoms with Crippen LogP contribution in [0.5, 0.6) is 0 Å². The van der Waals surface area contributed by atoms with E-state index in [1.165, 1.54) is 11.3 Å². The number of carbonyl (C=O) groups is 1. The van der Waals surface area contributed by atoms with Crippen molar-refractivity contribution >= 4 is 23.1 Å². The van der Waals surface area contributed by atoms with Crippen molar-refractivity contribution in [2.75, 3.05) is 12.4 Å². The first-order valence-electron chi connectivity index (χ1n) is 5.19. The van der Waals surface area contributed by atoms with Crippen LogP contribution >= 0.6 is 11.3 Å². The molecule has 0 bridgehead atoms. The molecule has 0 saturated carbocycles. The average Bonchev–Trinajstić information content (AvgIpc) is 2.89. The summed E-state index contributed by atoms with van der Waals surface area (Å²) < 4.78 is 13.1. The quantitative estimate of drug-likeness (QED) is 0.883. The molecule has 0 fully saturated rings. The molecular formula is C11H11FN4OS. The molecule has 0 radical (unpaired) electrons. The van der Waals surface area contributed by atoms with Gasteiger partial charge in [-0.3, -0.25) is 9.78 Å². The van der Waals surface area contributed by atoms with Crippen molar-refractivity contribution in [2.45, 2.75) is 6.54 Å². The number of anilines is 1. The molecule has 0 unspecified atom stereocenters. The highest BCUT2D eigenvalue weighted by Crippen LogP contribution is 2.13. The maximum absolute atomic E-state index is 13.1. The second-order valence-corrected chi connectivity index (χ2v) is 4.42. The SMILES string of the molecule is CNc1ncc(F)cc1C(=O)NCc1cncs1. The van der Waals surface area contributed by atoms with Crippen LogP contribution in [-0.4, -0.2) is 22.9 Å². The molecular weight excluding hydrogens is 255 g/mol. The summed E-state index contributed by atoms with van der Waals surface area (Å²) in [5, 5.41) is 5.44. The van der Waals surface area contributed by atoms with Crippen LogP contribution in [0.4, 0.5) is 10.2 Å². The molecule has 5 nitrogen and oxygen atoms in total. The molecule has 0 aromatic carbocycles. The topological polar surface area (TPSA) is 66.9 Å². The van der Waals surface area contributed by atoms with Crippen molar-refractivity contribution < 1.29 is 9.18 Å². The second kappa shape index (κ2) is 5.54. The summed E-state index contributed by atoms with van der Waals surface area (Å²) in [6.07, 6.45) is 2.74. The van der Waals surface area contributed by atoms with Gasteiger partial charge in [0.05, 0.1) is 23.8 Å². The van der Waals surface area contributed by atoms with Gasteiger partial charge in [0.15, 0.2) is 0 Å². The van der Waals surface area contributed by atoms with Gasteiger partial charge in [-0.1, -0.05) is 0 Å². The van der Waals surface area contributed by atoms with E-state index in [1.807, 2.05) is 0 Å². The normalized spacial score (nSPS) is 10.1. The predicted octanol–water partition coefficient (Wildman–Crippen LogP) is 1.65. The van der Waals surface area contributed by atoms with Crippen LogP contribution < -0.4 is 10.6 Å². The van der Waals surface area contributed by atoms with Gasteiger partial charge in [0.1, 0.15) is 11.6 Å². The zero-order valence-electron chi connectivity index (χ0n) is 9.61. The van der Waals surface area contributed by atoms with Crippen LogP contribution in [0.15, 0.2) is 24.0 Å². The number of rotatable bonds is 4. The fourth-order valence-corrected chi connectivity index (χ4v) is 1.94. The molecule has 0 atom stereocenters. The maximum Gasteiger partial charge on any atom is 0.255 e. The van der Waals surface area contributed by atoms with Crippen molar-refractivity contribution in [3.63, 3.8) is 0 Å². The number of hydrogen-bond donors (Lipinski definition) is 2. The van der Waals surface area contributed by atoms with Crippen molar-refractivity contribution in [3.8, 4) is 0 Å². The molecule has 7 heteroatoms. The maximum atomic E-state index is 13.1. The minimum Gasteiger partial charge on any atom is -0.372 e. The highest BCUT2D eigenvalue weighted by Gasteiger charge is 2.13. The third-order valence-corrected chi connectivity index (χ3v) is 3.02. The largest absolute Gasteiger partial charge is 0.372 e.